The second-order valence-electron chi connectivity index (χ2n) is 7.60. The van der Waals surface area contributed by atoms with E-state index >= 15 is 0 Å². The number of rotatable bonds is 6. The third-order valence-corrected chi connectivity index (χ3v) is 7.02. The van der Waals surface area contributed by atoms with Crippen LogP contribution in [0.3, 0.4) is 0 Å². The molecule has 8 heteroatoms. The van der Waals surface area contributed by atoms with Gasteiger partial charge in [0, 0.05) is 36.5 Å². The maximum Gasteiger partial charge on any atom is 0.249 e. The summed E-state index contributed by atoms with van der Waals surface area (Å²) in [4.78, 5) is 25.8. The van der Waals surface area contributed by atoms with Gasteiger partial charge in [0.05, 0.1) is 4.90 Å². The fraction of sp³-hybridized carbons (Fsp3) is 0.429. The van der Waals surface area contributed by atoms with Gasteiger partial charge >= 0.3 is 0 Å². The molecule has 2 aromatic carbocycles. The Morgan fingerprint density at radius 1 is 1.17 bits per heavy atom. The Morgan fingerprint density at radius 3 is 2.48 bits per heavy atom. The highest BCUT2D eigenvalue weighted by molar-refractivity contribution is 7.89. The van der Waals surface area contributed by atoms with Gasteiger partial charge < -0.3 is 10.6 Å². The summed E-state index contributed by atoms with van der Waals surface area (Å²) in [6.45, 7) is 4.99. The van der Waals surface area contributed by atoms with E-state index in [4.69, 9.17) is 5.73 Å². The van der Waals surface area contributed by atoms with Crippen molar-refractivity contribution >= 4 is 32.6 Å². The van der Waals surface area contributed by atoms with Crippen molar-refractivity contribution in [1.82, 2.24) is 9.62 Å². The van der Waals surface area contributed by atoms with Gasteiger partial charge in [-0.3, -0.25) is 9.59 Å². The summed E-state index contributed by atoms with van der Waals surface area (Å²) in [5, 5.41) is 0.968. The van der Waals surface area contributed by atoms with Gasteiger partial charge in [0.15, 0.2) is 0 Å². The summed E-state index contributed by atoms with van der Waals surface area (Å²) in [5.41, 5.74) is 5.72. The van der Waals surface area contributed by atoms with E-state index in [2.05, 4.69) is 4.72 Å². The molecule has 1 aliphatic rings. The Bertz CT molecular complexity index is 1040. The van der Waals surface area contributed by atoms with E-state index in [1.807, 2.05) is 18.7 Å². The van der Waals surface area contributed by atoms with Crippen LogP contribution in [0.5, 0.6) is 0 Å². The molecule has 0 spiro atoms. The molecule has 0 aromatic heterocycles. The molecule has 2 aromatic rings. The van der Waals surface area contributed by atoms with Gasteiger partial charge in [-0.15, -0.1) is 0 Å². The lowest BCUT2D eigenvalue weighted by atomic mass is 9.94. The molecule has 1 aliphatic heterocycles. The summed E-state index contributed by atoms with van der Waals surface area (Å²) in [6, 6.07) is 9.45. The minimum absolute atomic E-state index is 0.00418. The van der Waals surface area contributed by atoms with Crippen molar-refractivity contribution in [3.8, 4) is 0 Å². The molecule has 3 rings (SSSR count). The molecule has 0 aliphatic carbocycles. The number of fused-ring (bicyclic) bond motifs is 1. The maximum absolute atomic E-state index is 13.2. The van der Waals surface area contributed by atoms with E-state index < -0.39 is 15.9 Å². The van der Waals surface area contributed by atoms with Gasteiger partial charge in [0.25, 0.3) is 0 Å². The summed E-state index contributed by atoms with van der Waals surface area (Å²) in [7, 11) is -3.82. The number of nitrogens with zero attached hydrogens (tertiary/aromatic N) is 1. The minimum atomic E-state index is -3.82. The standard InChI is InChI=1S/C21H27N3O4S/c1-3-6-20(25)24-12-11-18(14(2)13-24)23-29(27,28)19-10-9-17(21(22)26)15-7-4-5-8-16(15)19/h4-5,7-10,14,18,23H,3,6,11-13H2,1-2H3,(H2,22,26). The number of carbonyl (C=O) groups is 2. The number of amides is 2. The van der Waals surface area contributed by atoms with E-state index in [1.54, 1.807) is 24.3 Å². The average molecular weight is 418 g/mol. The number of nitrogens with two attached hydrogens (primary N) is 1. The third-order valence-electron chi connectivity index (χ3n) is 5.47. The van der Waals surface area contributed by atoms with E-state index in [0.29, 0.717) is 36.7 Å². The Balaban J connectivity index is 1.85. The van der Waals surface area contributed by atoms with E-state index in [0.717, 1.165) is 6.42 Å². The Morgan fingerprint density at radius 2 is 1.86 bits per heavy atom. The van der Waals surface area contributed by atoms with Gasteiger partial charge in [0.1, 0.15) is 0 Å². The number of primary amides is 1. The molecule has 2 unspecified atom stereocenters. The summed E-state index contributed by atoms with van der Waals surface area (Å²) in [5.74, 6) is -0.486. The molecule has 1 saturated heterocycles. The average Bonchev–Trinajstić information content (AvgIpc) is 2.68. The molecular weight excluding hydrogens is 390 g/mol. The maximum atomic E-state index is 13.2. The number of likely N-dealkylation sites (tertiary alicyclic amines) is 1. The van der Waals surface area contributed by atoms with E-state index in [9.17, 15) is 18.0 Å². The zero-order chi connectivity index (χ0) is 21.2. The first-order valence-corrected chi connectivity index (χ1v) is 11.3. The number of sulfonamides is 1. The van der Waals surface area contributed by atoms with Crippen molar-refractivity contribution in [2.24, 2.45) is 11.7 Å². The first-order valence-electron chi connectivity index (χ1n) is 9.86. The lowest BCUT2D eigenvalue weighted by Crippen LogP contribution is -2.51. The molecule has 3 N–H and O–H groups in total. The van der Waals surface area contributed by atoms with Crippen LogP contribution in [0.25, 0.3) is 10.8 Å². The molecule has 2 atom stereocenters. The van der Waals surface area contributed by atoms with Crippen molar-refractivity contribution in [3.05, 3.63) is 42.0 Å². The second-order valence-corrected chi connectivity index (χ2v) is 9.29. The van der Waals surface area contributed by atoms with Crippen molar-refractivity contribution in [2.45, 2.75) is 44.0 Å². The fourth-order valence-corrected chi connectivity index (χ4v) is 5.49. The van der Waals surface area contributed by atoms with Gasteiger partial charge in [-0.05, 0) is 36.3 Å². The molecule has 1 heterocycles. The smallest absolute Gasteiger partial charge is 0.249 e. The number of piperidine rings is 1. The van der Waals surface area contributed by atoms with E-state index in [-0.39, 0.29) is 28.3 Å². The molecule has 0 bridgehead atoms. The first-order chi connectivity index (χ1) is 13.7. The normalized spacial score (nSPS) is 20.0. The molecule has 0 saturated carbocycles. The zero-order valence-corrected chi connectivity index (χ0v) is 17.5. The minimum Gasteiger partial charge on any atom is -0.366 e. The SMILES string of the molecule is CCCC(=O)N1CCC(NS(=O)(=O)c2ccc(C(N)=O)c3ccccc23)C(C)C1. The van der Waals surface area contributed by atoms with Crippen molar-refractivity contribution in [1.29, 1.82) is 0 Å². The fourth-order valence-electron chi connectivity index (χ4n) is 3.90. The molecule has 2 amide bonds. The molecule has 7 nitrogen and oxygen atoms in total. The van der Waals surface area contributed by atoms with Crippen LogP contribution in [-0.2, 0) is 14.8 Å². The van der Waals surface area contributed by atoms with Crippen LogP contribution in [0.4, 0.5) is 0 Å². The molecule has 1 fully saturated rings. The summed E-state index contributed by atoms with van der Waals surface area (Å²) >= 11 is 0. The van der Waals surface area contributed by atoms with E-state index in [1.165, 1.54) is 12.1 Å². The number of benzene rings is 2. The van der Waals surface area contributed by atoms with Crippen LogP contribution < -0.4 is 10.5 Å². The summed E-state index contributed by atoms with van der Waals surface area (Å²) < 4.78 is 29.1. The van der Waals surface area contributed by atoms with Gasteiger partial charge in [-0.1, -0.05) is 38.1 Å². The lowest BCUT2D eigenvalue weighted by Gasteiger charge is -2.37. The highest BCUT2D eigenvalue weighted by atomic mass is 32.2. The highest BCUT2D eigenvalue weighted by Gasteiger charge is 2.32. The topological polar surface area (TPSA) is 110 Å². The largest absolute Gasteiger partial charge is 0.366 e. The van der Waals surface area contributed by atoms with Crippen LogP contribution >= 0.6 is 0 Å². The predicted octanol–water partition coefficient (Wildman–Crippen LogP) is 2.25. The quantitative estimate of drug-likeness (QED) is 0.751. The highest BCUT2D eigenvalue weighted by Crippen LogP contribution is 2.27. The zero-order valence-electron chi connectivity index (χ0n) is 16.7. The second kappa shape index (κ2) is 8.51. The van der Waals surface area contributed by atoms with Crippen molar-refractivity contribution < 1.29 is 18.0 Å². The first kappa shape index (κ1) is 21.3. The number of hydrogen-bond acceptors (Lipinski definition) is 4. The van der Waals surface area contributed by atoms with Crippen LogP contribution in [-0.4, -0.2) is 44.3 Å². The van der Waals surface area contributed by atoms with Gasteiger partial charge in [-0.2, -0.15) is 0 Å². The van der Waals surface area contributed by atoms with Crippen LogP contribution in [0.2, 0.25) is 0 Å². The summed E-state index contributed by atoms with van der Waals surface area (Å²) in [6.07, 6.45) is 1.88. The number of carbonyl (C=O) groups excluding carboxylic acids is 2. The number of nitrogens with one attached hydrogen (secondary N) is 1. The molecule has 156 valence electrons. The Labute approximate surface area is 171 Å². The van der Waals surface area contributed by atoms with Crippen LogP contribution in [0.1, 0.15) is 43.5 Å². The monoisotopic (exact) mass is 417 g/mol. The Kier molecular flexibility index (Phi) is 6.24. The lowest BCUT2D eigenvalue weighted by molar-refractivity contribution is -0.133. The van der Waals surface area contributed by atoms with Gasteiger partial charge in [0.2, 0.25) is 21.8 Å². The molecule has 0 radical (unpaired) electrons. The molecule has 29 heavy (non-hydrogen) atoms. The predicted molar refractivity (Wildman–Crippen MR) is 112 cm³/mol. The van der Waals surface area contributed by atoms with Crippen LogP contribution in [0.15, 0.2) is 41.3 Å². The van der Waals surface area contributed by atoms with Crippen LogP contribution in [0, 0.1) is 5.92 Å². The van der Waals surface area contributed by atoms with Gasteiger partial charge in [-0.25, -0.2) is 13.1 Å². The van der Waals surface area contributed by atoms with Crippen molar-refractivity contribution in [2.75, 3.05) is 13.1 Å². The molecular formula is C21H27N3O4S. The number of hydrogen-bond donors (Lipinski definition) is 2. The van der Waals surface area contributed by atoms with Crippen molar-refractivity contribution in [3.63, 3.8) is 0 Å². The Hall–Kier alpha value is -2.45. The third kappa shape index (κ3) is 4.43.